The number of nitrogens with one attached hydrogen (secondary N) is 1. The molecule has 7 heteroatoms. The Bertz CT molecular complexity index is 658. The Kier molecular flexibility index (Phi) is 5.64. The maximum Gasteiger partial charge on any atom is 0.317 e. The van der Waals surface area contributed by atoms with Crippen molar-refractivity contribution < 1.29 is 13.2 Å². The molecule has 0 aliphatic carbocycles. The van der Waals surface area contributed by atoms with Crippen LogP contribution >= 0.6 is 0 Å². The molecule has 0 unspecified atom stereocenters. The predicted molar refractivity (Wildman–Crippen MR) is 89.8 cm³/mol. The third-order valence-electron chi connectivity index (χ3n) is 3.87. The maximum absolute atomic E-state index is 12.8. The monoisotopic (exact) mass is 339 g/mol. The molecule has 2 amide bonds. The zero-order valence-corrected chi connectivity index (χ0v) is 14.8. The first-order valence-electron chi connectivity index (χ1n) is 7.93. The maximum atomic E-state index is 12.8. The Morgan fingerprint density at radius 3 is 2.48 bits per heavy atom. The van der Waals surface area contributed by atoms with Crippen LogP contribution in [0.4, 0.5) is 4.79 Å². The summed E-state index contributed by atoms with van der Waals surface area (Å²) < 4.78 is 27.1. The molecule has 2 rings (SSSR count). The number of hydrogen-bond donors (Lipinski definition) is 1. The summed E-state index contributed by atoms with van der Waals surface area (Å²) in [4.78, 5) is 14.1. The van der Waals surface area contributed by atoms with Gasteiger partial charge in [-0.1, -0.05) is 18.2 Å². The summed E-state index contributed by atoms with van der Waals surface area (Å²) in [6.45, 7) is 7.34. The first-order valence-corrected chi connectivity index (χ1v) is 9.37. The van der Waals surface area contributed by atoms with E-state index in [4.69, 9.17) is 0 Å². The molecular formula is C16H25N3O3S. The van der Waals surface area contributed by atoms with E-state index >= 15 is 0 Å². The Balaban J connectivity index is 2.11. The van der Waals surface area contributed by atoms with Crippen molar-refractivity contribution in [1.29, 1.82) is 0 Å². The molecule has 1 aromatic rings. The molecule has 128 valence electrons. The van der Waals surface area contributed by atoms with Crippen LogP contribution in [0.15, 0.2) is 29.2 Å². The summed E-state index contributed by atoms with van der Waals surface area (Å²) in [5.74, 6) is 0. The van der Waals surface area contributed by atoms with Gasteiger partial charge in [-0.15, -0.1) is 0 Å². The molecule has 0 saturated carbocycles. The fraction of sp³-hybridized carbons (Fsp3) is 0.562. The lowest BCUT2D eigenvalue weighted by molar-refractivity contribution is 0.198. The highest BCUT2D eigenvalue weighted by molar-refractivity contribution is 7.89. The van der Waals surface area contributed by atoms with Crippen LogP contribution in [0.1, 0.15) is 25.8 Å². The summed E-state index contributed by atoms with van der Waals surface area (Å²) in [5, 5.41) is 2.85. The van der Waals surface area contributed by atoms with Gasteiger partial charge in [-0.25, -0.2) is 13.2 Å². The number of nitrogens with zero attached hydrogens (tertiary/aromatic N) is 2. The number of urea groups is 1. The molecule has 23 heavy (non-hydrogen) atoms. The van der Waals surface area contributed by atoms with Crippen LogP contribution in [-0.2, 0) is 10.0 Å². The molecule has 1 saturated heterocycles. The third kappa shape index (κ3) is 4.23. The minimum Gasteiger partial charge on any atom is -0.336 e. The number of sulfonamides is 1. The van der Waals surface area contributed by atoms with Crippen molar-refractivity contribution in [3.05, 3.63) is 29.8 Å². The summed E-state index contributed by atoms with van der Waals surface area (Å²) in [6.07, 6.45) is 0.636. The fourth-order valence-electron chi connectivity index (χ4n) is 2.66. The second-order valence-electron chi connectivity index (χ2n) is 6.11. The average Bonchev–Trinajstić information content (AvgIpc) is 2.73. The molecule has 0 aromatic heterocycles. The summed E-state index contributed by atoms with van der Waals surface area (Å²) >= 11 is 0. The lowest BCUT2D eigenvalue weighted by Gasteiger charge is -2.23. The van der Waals surface area contributed by atoms with Crippen LogP contribution in [0.5, 0.6) is 0 Å². The Morgan fingerprint density at radius 2 is 1.83 bits per heavy atom. The van der Waals surface area contributed by atoms with Gasteiger partial charge in [-0.2, -0.15) is 4.31 Å². The Labute approximate surface area is 138 Å². The lowest BCUT2D eigenvalue weighted by Crippen LogP contribution is -2.44. The van der Waals surface area contributed by atoms with Crippen molar-refractivity contribution in [2.75, 3.05) is 26.2 Å². The van der Waals surface area contributed by atoms with Crippen molar-refractivity contribution in [3.63, 3.8) is 0 Å². The molecule has 1 aliphatic heterocycles. The highest BCUT2D eigenvalue weighted by Crippen LogP contribution is 2.20. The predicted octanol–water partition coefficient (Wildman–Crippen LogP) is 1.81. The number of hydrogen-bond acceptors (Lipinski definition) is 3. The molecular weight excluding hydrogens is 314 g/mol. The summed E-state index contributed by atoms with van der Waals surface area (Å²) in [6, 6.07) is 6.94. The Morgan fingerprint density at radius 1 is 1.13 bits per heavy atom. The molecule has 1 heterocycles. The van der Waals surface area contributed by atoms with Gasteiger partial charge in [-0.3, -0.25) is 0 Å². The minimum absolute atomic E-state index is 0.0672. The molecule has 0 spiro atoms. The van der Waals surface area contributed by atoms with Crippen LogP contribution in [-0.4, -0.2) is 55.9 Å². The van der Waals surface area contributed by atoms with Gasteiger partial charge in [0.05, 0.1) is 4.90 Å². The van der Waals surface area contributed by atoms with Gasteiger partial charge in [0.25, 0.3) is 0 Å². The van der Waals surface area contributed by atoms with Gasteiger partial charge in [0.15, 0.2) is 0 Å². The number of benzene rings is 1. The van der Waals surface area contributed by atoms with Crippen LogP contribution in [0.25, 0.3) is 0 Å². The van der Waals surface area contributed by atoms with E-state index in [1.165, 1.54) is 4.31 Å². The van der Waals surface area contributed by atoms with Gasteiger partial charge in [0.2, 0.25) is 10.0 Å². The SMILES string of the molecule is Cc1ccccc1S(=O)(=O)N1CCCN(C(=O)NC(C)C)CC1. The highest BCUT2D eigenvalue weighted by Gasteiger charge is 2.29. The average molecular weight is 339 g/mol. The first kappa shape index (κ1) is 17.7. The normalized spacial score (nSPS) is 17.1. The molecule has 1 fully saturated rings. The largest absolute Gasteiger partial charge is 0.336 e. The van der Waals surface area contributed by atoms with Gasteiger partial charge in [0.1, 0.15) is 0 Å². The molecule has 0 radical (unpaired) electrons. The molecule has 1 N–H and O–H groups in total. The van der Waals surface area contributed by atoms with Gasteiger partial charge < -0.3 is 10.2 Å². The zero-order chi connectivity index (χ0) is 17.0. The van der Waals surface area contributed by atoms with E-state index in [0.29, 0.717) is 37.5 Å². The summed E-state index contributed by atoms with van der Waals surface area (Å²) in [7, 11) is -3.51. The Hall–Kier alpha value is -1.60. The van der Waals surface area contributed by atoms with Crippen LogP contribution in [0.3, 0.4) is 0 Å². The van der Waals surface area contributed by atoms with E-state index in [1.807, 2.05) is 19.9 Å². The fourth-order valence-corrected chi connectivity index (χ4v) is 4.36. The van der Waals surface area contributed by atoms with E-state index in [1.54, 1.807) is 30.0 Å². The first-order chi connectivity index (χ1) is 10.8. The number of carbonyl (C=O) groups is 1. The number of carbonyl (C=O) groups excluding carboxylic acids is 1. The van der Waals surface area contributed by atoms with E-state index in [0.717, 1.165) is 5.56 Å². The lowest BCUT2D eigenvalue weighted by atomic mass is 10.2. The number of aryl methyl sites for hydroxylation is 1. The van der Waals surface area contributed by atoms with Crippen molar-refractivity contribution in [3.8, 4) is 0 Å². The summed E-state index contributed by atoms with van der Waals surface area (Å²) in [5.41, 5.74) is 0.742. The third-order valence-corrected chi connectivity index (χ3v) is 5.92. The number of amides is 2. The molecule has 1 aliphatic rings. The molecule has 6 nitrogen and oxygen atoms in total. The van der Waals surface area contributed by atoms with Crippen LogP contribution < -0.4 is 5.32 Å². The molecule has 0 bridgehead atoms. The molecule has 1 aromatic carbocycles. The zero-order valence-electron chi connectivity index (χ0n) is 13.9. The van der Waals surface area contributed by atoms with E-state index < -0.39 is 10.0 Å². The van der Waals surface area contributed by atoms with Gasteiger partial charge in [0, 0.05) is 32.2 Å². The highest BCUT2D eigenvalue weighted by atomic mass is 32.2. The van der Waals surface area contributed by atoms with Crippen molar-refractivity contribution >= 4 is 16.1 Å². The standard InChI is InChI=1S/C16H25N3O3S/c1-13(2)17-16(20)18-9-6-10-19(12-11-18)23(21,22)15-8-5-4-7-14(15)3/h4-5,7-8,13H,6,9-12H2,1-3H3,(H,17,20). The van der Waals surface area contributed by atoms with Crippen molar-refractivity contribution in [2.45, 2.75) is 38.1 Å². The molecule has 0 atom stereocenters. The van der Waals surface area contributed by atoms with Crippen molar-refractivity contribution in [2.24, 2.45) is 0 Å². The quantitative estimate of drug-likeness (QED) is 0.913. The van der Waals surface area contributed by atoms with Crippen LogP contribution in [0, 0.1) is 6.92 Å². The van der Waals surface area contributed by atoms with E-state index in [2.05, 4.69) is 5.32 Å². The smallest absolute Gasteiger partial charge is 0.317 e. The van der Waals surface area contributed by atoms with Crippen LogP contribution in [0.2, 0.25) is 0 Å². The second-order valence-corrected chi connectivity index (χ2v) is 8.02. The van der Waals surface area contributed by atoms with Gasteiger partial charge in [-0.05, 0) is 38.8 Å². The minimum atomic E-state index is -3.51. The van der Waals surface area contributed by atoms with E-state index in [9.17, 15) is 13.2 Å². The second kappa shape index (κ2) is 7.31. The number of rotatable bonds is 3. The topological polar surface area (TPSA) is 69.7 Å². The van der Waals surface area contributed by atoms with Gasteiger partial charge >= 0.3 is 6.03 Å². The van der Waals surface area contributed by atoms with Crippen molar-refractivity contribution in [1.82, 2.24) is 14.5 Å². The van der Waals surface area contributed by atoms with E-state index in [-0.39, 0.29) is 12.1 Å².